The molecule has 0 spiro atoms. The van der Waals surface area contributed by atoms with Crippen molar-refractivity contribution in [1.82, 2.24) is 29.3 Å². The lowest BCUT2D eigenvalue weighted by molar-refractivity contribution is -0.129. The van der Waals surface area contributed by atoms with Gasteiger partial charge in [-0.2, -0.15) is 19.0 Å². The van der Waals surface area contributed by atoms with Crippen LogP contribution in [0.25, 0.3) is 16.9 Å². The van der Waals surface area contributed by atoms with Gasteiger partial charge in [0.05, 0.1) is 11.9 Å². The van der Waals surface area contributed by atoms with Crippen molar-refractivity contribution in [2.45, 2.75) is 19.6 Å². The second-order valence-electron chi connectivity index (χ2n) is 7.71. The molecule has 0 aliphatic carbocycles. The standard InChI is InChI=1S/C22H19F4N7O3/c1-31(2)17(34)11-32-10-15(29-21(35)14-9-28-33-7-3-6-27-20(14)33)18(30-32)13-8-12(19(23)24)4-5-16(13)36-22(25)26/h3-10,19,22H,11H2,1-2H3,(H,29,35). The first-order valence-electron chi connectivity index (χ1n) is 10.4. The van der Waals surface area contributed by atoms with Gasteiger partial charge in [-0.05, 0) is 24.3 Å². The molecule has 10 nitrogen and oxygen atoms in total. The van der Waals surface area contributed by atoms with Crippen LogP contribution in [0, 0.1) is 0 Å². The molecular formula is C22H19F4N7O3. The van der Waals surface area contributed by atoms with Gasteiger partial charge in [-0.1, -0.05) is 0 Å². The van der Waals surface area contributed by atoms with E-state index in [1.54, 1.807) is 12.3 Å². The molecule has 36 heavy (non-hydrogen) atoms. The number of hydrogen-bond acceptors (Lipinski definition) is 6. The number of amides is 2. The molecule has 1 N–H and O–H groups in total. The normalized spacial score (nSPS) is 11.3. The highest BCUT2D eigenvalue weighted by molar-refractivity contribution is 6.09. The summed E-state index contributed by atoms with van der Waals surface area (Å²) in [4.78, 5) is 30.7. The number of fused-ring (bicyclic) bond motifs is 1. The lowest BCUT2D eigenvalue weighted by Gasteiger charge is -2.13. The summed E-state index contributed by atoms with van der Waals surface area (Å²) in [5.74, 6) is -1.48. The van der Waals surface area contributed by atoms with Crippen LogP contribution in [0.15, 0.2) is 49.1 Å². The fraction of sp³-hybridized carbons (Fsp3) is 0.227. The summed E-state index contributed by atoms with van der Waals surface area (Å²) in [5.41, 5.74) is -0.561. The molecule has 0 aliphatic rings. The number of alkyl halides is 4. The number of ether oxygens (including phenoxy) is 1. The van der Waals surface area contributed by atoms with Crippen LogP contribution in [0.1, 0.15) is 22.3 Å². The van der Waals surface area contributed by atoms with E-state index in [2.05, 4.69) is 25.2 Å². The van der Waals surface area contributed by atoms with Gasteiger partial charge in [0.1, 0.15) is 23.6 Å². The quantitative estimate of drug-likeness (QED) is 0.368. The summed E-state index contributed by atoms with van der Waals surface area (Å²) in [6.07, 6.45) is 2.70. The summed E-state index contributed by atoms with van der Waals surface area (Å²) >= 11 is 0. The van der Waals surface area contributed by atoms with Crippen LogP contribution in [0.5, 0.6) is 5.75 Å². The molecule has 0 unspecified atom stereocenters. The van der Waals surface area contributed by atoms with Gasteiger partial charge in [-0.25, -0.2) is 18.3 Å². The number of nitrogens with one attached hydrogen (secondary N) is 1. The van der Waals surface area contributed by atoms with E-state index in [1.165, 1.54) is 42.1 Å². The molecule has 0 fully saturated rings. The highest BCUT2D eigenvalue weighted by Gasteiger charge is 2.24. The number of rotatable bonds is 8. The zero-order valence-electron chi connectivity index (χ0n) is 18.9. The molecule has 0 aliphatic heterocycles. The number of aromatic nitrogens is 5. The molecule has 4 rings (SSSR count). The highest BCUT2D eigenvalue weighted by Crippen LogP contribution is 2.38. The van der Waals surface area contributed by atoms with Crippen LogP contribution in [0.3, 0.4) is 0 Å². The minimum Gasteiger partial charge on any atom is -0.434 e. The van der Waals surface area contributed by atoms with Crippen molar-refractivity contribution < 1.29 is 31.9 Å². The van der Waals surface area contributed by atoms with E-state index in [1.807, 2.05) is 0 Å². The number of halogens is 4. The molecular weight excluding hydrogens is 486 g/mol. The van der Waals surface area contributed by atoms with Crippen molar-refractivity contribution in [1.29, 1.82) is 0 Å². The molecule has 3 heterocycles. The van der Waals surface area contributed by atoms with E-state index in [9.17, 15) is 27.2 Å². The Balaban J connectivity index is 1.80. The van der Waals surface area contributed by atoms with Gasteiger partial charge in [0, 0.05) is 43.8 Å². The Morgan fingerprint density at radius 3 is 2.67 bits per heavy atom. The number of anilines is 1. The third-order valence-corrected chi connectivity index (χ3v) is 5.06. The maximum atomic E-state index is 13.4. The third kappa shape index (κ3) is 5.11. The summed E-state index contributed by atoms with van der Waals surface area (Å²) < 4.78 is 60.0. The minimum atomic E-state index is -3.25. The maximum absolute atomic E-state index is 13.4. The topological polar surface area (TPSA) is 107 Å². The van der Waals surface area contributed by atoms with Crippen molar-refractivity contribution in [3.63, 3.8) is 0 Å². The van der Waals surface area contributed by atoms with Crippen LogP contribution >= 0.6 is 0 Å². The number of nitrogens with zero attached hydrogens (tertiary/aromatic N) is 6. The molecule has 0 bridgehead atoms. The first-order chi connectivity index (χ1) is 17.1. The second-order valence-corrected chi connectivity index (χ2v) is 7.71. The Kier molecular flexibility index (Phi) is 6.85. The smallest absolute Gasteiger partial charge is 0.387 e. The lowest BCUT2D eigenvalue weighted by Crippen LogP contribution is -2.26. The molecule has 3 aromatic heterocycles. The van der Waals surface area contributed by atoms with Gasteiger partial charge in [-0.15, -0.1) is 0 Å². The summed E-state index contributed by atoms with van der Waals surface area (Å²) in [7, 11) is 3.04. The molecule has 0 atom stereocenters. The van der Waals surface area contributed by atoms with Crippen molar-refractivity contribution in [2.75, 3.05) is 19.4 Å². The number of likely N-dealkylation sites (N-methyl/N-ethyl adjacent to an activating group) is 1. The number of carbonyl (C=O) groups is 2. The monoisotopic (exact) mass is 505 g/mol. The van der Waals surface area contributed by atoms with Crippen molar-refractivity contribution >= 4 is 23.1 Å². The van der Waals surface area contributed by atoms with Gasteiger partial charge >= 0.3 is 6.61 Å². The Labute approximate surface area is 201 Å². The van der Waals surface area contributed by atoms with Gasteiger partial charge in [0.25, 0.3) is 12.3 Å². The zero-order chi connectivity index (χ0) is 26.0. The van der Waals surface area contributed by atoms with Crippen molar-refractivity contribution in [2.24, 2.45) is 0 Å². The van der Waals surface area contributed by atoms with Crippen molar-refractivity contribution in [3.05, 3.63) is 60.2 Å². The summed E-state index contributed by atoms with van der Waals surface area (Å²) in [6, 6.07) is 4.47. The van der Waals surface area contributed by atoms with E-state index in [0.29, 0.717) is 0 Å². The largest absolute Gasteiger partial charge is 0.434 e. The predicted molar refractivity (Wildman–Crippen MR) is 119 cm³/mol. The van der Waals surface area contributed by atoms with Gasteiger partial charge in [0.2, 0.25) is 5.91 Å². The zero-order valence-corrected chi connectivity index (χ0v) is 18.9. The fourth-order valence-electron chi connectivity index (χ4n) is 3.32. The van der Waals surface area contributed by atoms with Crippen LogP contribution in [0.4, 0.5) is 23.2 Å². The van der Waals surface area contributed by atoms with Crippen LogP contribution < -0.4 is 10.1 Å². The van der Waals surface area contributed by atoms with Crippen molar-refractivity contribution in [3.8, 4) is 17.0 Å². The molecule has 188 valence electrons. The average molecular weight is 505 g/mol. The van der Waals surface area contributed by atoms with Crippen LogP contribution in [-0.4, -0.2) is 61.8 Å². The van der Waals surface area contributed by atoms with Gasteiger partial charge < -0.3 is 15.0 Å². The molecule has 14 heteroatoms. The molecule has 0 radical (unpaired) electrons. The van der Waals surface area contributed by atoms with Crippen LogP contribution in [-0.2, 0) is 11.3 Å². The van der Waals surface area contributed by atoms with E-state index in [4.69, 9.17) is 0 Å². The third-order valence-electron chi connectivity index (χ3n) is 5.06. The SMILES string of the molecule is CN(C)C(=O)Cn1cc(NC(=O)c2cnn3cccnc23)c(-c2cc(C(F)F)ccc2OC(F)F)n1. The van der Waals surface area contributed by atoms with E-state index >= 15 is 0 Å². The Bertz CT molecular complexity index is 1420. The first kappa shape index (κ1) is 24.6. The Hall–Kier alpha value is -4.49. The van der Waals surface area contributed by atoms with Gasteiger partial charge in [0.15, 0.2) is 5.65 Å². The maximum Gasteiger partial charge on any atom is 0.387 e. The molecule has 1 aromatic carbocycles. The number of carbonyl (C=O) groups excluding carboxylic acids is 2. The van der Waals surface area contributed by atoms with E-state index < -0.39 is 30.3 Å². The fourth-order valence-corrected chi connectivity index (χ4v) is 3.32. The number of hydrogen-bond donors (Lipinski definition) is 1. The lowest BCUT2D eigenvalue weighted by atomic mass is 10.1. The number of benzene rings is 1. The molecule has 0 saturated carbocycles. The first-order valence-corrected chi connectivity index (χ1v) is 10.4. The van der Waals surface area contributed by atoms with E-state index in [-0.39, 0.29) is 40.6 Å². The van der Waals surface area contributed by atoms with Gasteiger partial charge in [-0.3, -0.25) is 14.3 Å². The minimum absolute atomic E-state index is 0.0348. The average Bonchev–Trinajstić information content (AvgIpc) is 3.42. The Morgan fingerprint density at radius 1 is 1.19 bits per heavy atom. The molecule has 2 amide bonds. The Morgan fingerprint density at radius 2 is 1.97 bits per heavy atom. The second kappa shape index (κ2) is 10.0. The predicted octanol–water partition coefficient (Wildman–Crippen LogP) is 3.47. The molecule has 4 aromatic rings. The molecule has 0 saturated heterocycles. The highest BCUT2D eigenvalue weighted by atomic mass is 19.3. The van der Waals surface area contributed by atoms with Crippen LogP contribution in [0.2, 0.25) is 0 Å². The van der Waals surface area contributed by atoms with E-state index in [0.717, 1.165) is 22.9 Å². The summed E-state index contributed by atoms with van der Waals surface area (Å²) in [6.45, 7) is -3.52. The summed E-state index contributed by atoms with van der Waals surface area (Å²) in [5, 5.41) is 10.8.